The molecule has 0 saturated carbocycles. The van der Waals surface area contributed by atoms with Crippen molar-refractivity contribution in [3.8, 4) is 0 Å². The van der Waals surface area contributed by atoms with E-state index < -0.39 is 12.1 Å². The number of imide groups is 1. The molecule has 0 aliphatic carbocycles. The number of nitrogens with one attached hydrogen (secondary N) is 2. The highest BCUT2D eigenvalue weighted by atomic mass is 16.2. The van der Waals surface area contributed by atoms with E-state index in [1.807, 2.05) is 13.8 Å². The molecule has 0 unspecified atom stereocenters. The fraction of sp³-hybridized carbons (Fsp3) is 0.769. The molecule has 1 rings (SSSR count). The molecule has 1 atom stereocenters. The van der Waals surface area contributed by atoms with Crippen LogP contribution >= 0.6 is 0 Å². The topological polar surface area (TPSA) is 78.5 Å². The van der Waals surface area contributed by atoms with Crippen LogP contribution in [0.25, 0.3) is 0 Å². The van der Waals surface area contributed by atoms with Crippen molar-refractivity contribution in [1.29, 1.82) is 0 Å². The largest absolute Gasteiger partial charge is 0.355 e. The SMILES string of the molecule is CC(C)CCNC(=O)CN1C(=O)N[C@H](C(C)C)C1=O. The maximum absolute atomic E-state index is 11.9. The van der Waals surface area contributed by atoms with Crippen LogP contribution in [0.5, 0.6) is 0 Å². The fourth-order valence-corrected chi connectivity index (χ4v) is 1.84. The predicted molar refractivity (Wildman–Crippen MR) is 71.3 cm³/mol. The number of carbonyl (C=O) groups is 3. The van der Waals surface area contributed by atoms with Gasteiger partial charge in [0, 0.05) is 6.54 Å². The van der Waals surface area contributed by atoms with Gasteiger partial charge in [-0.05, 0) is 18.3 Å². The summed E-state index contributed by atoms with van der Waals surface area (Å²) >= 11 is 0. The summed E-state index contributed by atoms with van der Waals surface area (Å²) in [7, 11) is 0. The zero-order valence-electron chi connectivity index (χ0n) is 12.0. The third kappa shape index (κ3) is 4.22. The number of amides is 4. The summed E-state index contributed by atoms with van der Waals surface area (Å²) in [5.41, 5.74) is 0. The third-order valence-corrected chi connectivity index (χ3v) is 3.07. The first-order valence-corrected chi connectivity index (χ1v) is 6.71. The minimum absolute atomic E-state index is 0.0189. The Labute approximate surface area is 113 Å². The molecule has 0 aromatic carbocycles. The Kier molecular flexibility index (Phi) is 5.32. The number of nitrogens with zero attached hydrogens (tertiary/aromatic N) is 1. The lowest BCUT2D eigenvalue weighted by atomic mass is 10.1. The lowest BCUT2D eigenvalue weighted by molar-refractivity contribution is -0.132. The molecule has 6 heteroatoms. The van der Waals surface area contributed by atoms with Gasteiger partial charge in [0.15, 0.2) is 0 Å². The average molecular weight is 269 g/mol. The summed E-state index contributed by atoms with van der Waals surface area (Å²) in [4.78, 5) is 36.2. The zero-order chi connectivity index (χ0) is 14.6. The Balaban J connectivity index is 2.46. The molecular formula is C13H23N3O3. The highest BCUT2D eigenvalue weighted by molar-refractivity contribution is 6.06. The van der Waals surface area contributed by atoms with Gasteiger partial charge in [-0.1, -0.05) is 27.7 Å². The van der Waals surface area contributed by atoms with Crippen LogP contribution < -0.4 is 10.6 Å². The van der Waals surface area contributed by atoms with E-state index in [2.05, 4.69) is 24.5 Å². The van der Waals surface area contributed by atoms with Crippen LogP contribution in [0.15, 0.2) is 0 Å². The van der Waals surface area contributed by atoms with Crippen LogP contribution in [0.1, 0.15) is 34.1 Å². The van der Waals surface area contributed by atoms with Crippen molar-refractivity contribution >= 4 is 17.8 Å². The number of urea groups is 1. The first kappa shape index (κ1) is 15.5. The highest BCUT2D eigenvalue weighted by Gasteiger charge is 2.40. The maximum atomic E-state index is 11.9. The molecule has 2 N–H and O–H groups in total. The van der Waals surface area contributed by atoms with Gasteiger partial charge < -0.3 is 10.6 Å². The van der Waals surface area contributed by atoms with Crippen LogP contribution in [0.2, 0.25) is 0 Å². The third-order valence-electron chi connectivity index (χ3n) is 3.07. The number of hydrogen-bond donors (Lipinski definition) is 2. The summed E-state index contributed by atoms with van der Waals surface area (Å²) in [6, 6.07) is -1.00. The molecule has 0 spiro atoms. The summed E-state index contributed by atoms with van der Waals surface area (Å²) in [5.74, 6) is -0.0969. The van der Waals surface area contributed by atoms with Crippen LogP contribution in [0.4, 0.5) is 4.79 Å². The van der Waals surface area contributed by atoms with Gasteiger partial charge >= 0.3 is 6.03 Å². The van der Waals surface area contributed by atoms with E-state index in [0.29, 0.717) is 12.5 Å². The van der Waals surface area contributed by atoms with Crippen molar-refractivity contribution in [3.63, 3.8) is 0 Å². The van der Waals surface area contributed by atoms with E-state index in [9.17, 15) is 14.4 Å². The molecule has 0 bridgehead atoms. The van der Waals surface area contributed by atoms with Gasteiger partial charge in [0.2, 0.25) is 5.91 Å². The summed E-state index contributed by atoms with van der Waals surface area (Å²) in [6.07, 6.45) is 0.875. The molecule has 4 amide bonds. The second-order valence-corrected chi connectivity index (χ2v) is 5.63. The van der Waals surface area contributed by atoms with Gasteiger partial charge in [-0.3, -0.25) is 14.5 Å². The Morgan fingerprint density at radius 1 is 1.32 bits per heavy atom. The van der Waals surface area contributed by atoms with Gasteiger partial charge in [-0.15, -0.1) is 0 Å². The molecule has 1 saturated heterocycles. The summed E-state index contributed by atoms with van der Waals surface area (Å²) < 4.78 is 0. The normalized spacial score (nSPS) is 19.3. The molecule has 108 valence electrons. The number of rotatable bonds is 6. The van der Waals surface area contributed by atoms with E-state index in [1.54, 1.807) is 0 Å². The summed E-state index contributed by atoms with van der Waals surface area (Å²) in [6.45, 7) is 8.21. The average Bonchev–Trinajstić information content (AvgIpc) is 2.56. The molecule has 1 aliphatic heterocycles. The first-order chi connectivity index (χ1) is 8.82. The Hall–Kier alpha value is -1.59. The highest BCUT2D eigenvalue weighted by Crippen LogP contribution is 2.13. The predicted octanol–water partition coefficient (Wildman–Crippen LogP) is 0.725. The molecule has 1 fully saturated rings. The van der Waals surface area contributed by atoms with Crippen molar-refractivity contribution in [2.75, 3.05) is 13.1 Å². The van der Waals surface area contributed by atoms with Crippen LogP contribution in [-0.2, 0) is 9.59 Å². The molecule has 19 heavy (non-hydrogen) atoms. The van der Waals surface area contributed by atoms with Crippen molar-refractivity contribution in [2.45, 2.75) is 40.2 Å². The second-order valence-electron chi connectivity index (χ2n) is 5.63. The van der Waals surface area contributed by atoms with Gasteiger partial charge in [0.05, 0.1) is 0 Å². The molecule has 1 aliphatic rings. The lowest BCUT2D eigenvalue weighted by Crippen LogP contribution is -2.41. The summed E-state index contributed by atoms with van der Waals surface area (Å²) in [5, 5.41) is 5.30. The molecule has 1 heterocycles. The molecule has 0 radical (unpaired) electrons. The van der Waals surface area contributed by atoms with Gasteiger partial charge in [-0.2, -0.15) is 0 Å². The van der Waals surface area contributed by atoms with E-state index in [1.165, 1.54) is 0 Å². The van der Waals surface area contributed by atoms with Crippen LogP contribution in [0, 0.1) is 11.8 Å². The van der Waals surface area contributed by atoms with Crippen molar-refractivity contribution in [3.05, 3.63) is 0 Å². The second kappa shape index (κ2) is 6.54. The molecule has 0 aromatic heterocycles. The molecular weight excluding hydrogens is 246 g/mol. The van der Waals surface area contributed by atoms with E-state index in [-0.39, 0.29) is 24.3 Å². The Bertz CT molecular complexity index is 366. The first-order valence-electron chi connectivity index (χ1n) is 6.71. The van der Waals surface area contributed by atoms with E-state index in [0.717, 1.165) is 11.3 Å². The van der Waals surface area contributed by atoms with Gasteiger partial charge in [0.25, 0.3) is 5.91 Å². The number of hydrogen-bond acceptors (Lipinski definition) is 3. The fourth-order valence-electron chi connectivity index (χ4n) is 1.84. The van der Waals surface area contributed by atoms with Gasteiger partial charge in [-0.25, -0.2) is 4.79 Å². The van der Waals surface area contributed by atoms with E-state index in [4.69, 9.17) is 0 Å². The quantitative estimate of drug-likeness (QED) is 0.698. The van der Waals surface area contributed by atoms with Crippen LogP contribution in [0.3, 0.4) is 0 Å². The van der Waals surface area contributed by atoms with Crippen molar-refractivity contribution in [1.82, 2.24) is 15.5 Å². The minimum atomic E-state index is -0.518. The molecule has 0 aromatic rings. The minimum Gasteiger partial charge on any atom is -0.355 e. The lowest BCUT2D eigenvalue weighted by Gasteiger charge is -2.14. The maximum Gasteiger partial charge on any atom is 0.325 e. The number of carbonyl (C=O) groups excluding carboxylic acids is 3. The zero-order valence-corrected chi connectivity index (χ0v) is 12.0. The smallest absolute Gasteiger partial charge is 0.325 e. The Morgan fingerprint density at radius 3 is 2.42 bits per heavy atom. The monoisotopic (exact) mass is 269 g/mol. The van der Waals surface area contributed by atoms with Crippen molar-refractivity contribution < 1.29 is 14.4 Å². The van der Waals surface area contributed by atoms with Crippen LogP contribution in [-0.4, -0.2) is 41.9 Å². The van der Waals surface area contributed by atoms with E-state index >= 15 is 0 Å². The Morgan fingerprint density at radius 2 is 1.95 bits per heavy atom. The van der Waals surface area contributed by atoms with Gasteiger partial charge in [0.1, 0.15) is 12.6 Å². The van der Waals surface area contributed by atoms with Crippen molar-refractivity contribution in [2.24, 2.45) is 11.8 Å². The molecule has 6 nitrogen and oxygen atoms in total. The standard InChI is InChI=1S/C13H23N3O3/c1-8(2)5-6-14-10(17)7-16-12(18)11(9(3)4)15-13(16)19/h8-9,11H,5-7H2,1-4H3,(H,14,17)(H,15,19)/t11-/m1/s1.